The molecule has 25 heavy (non-hydrogen) atoms. The molecule has 0 aliphatic rings. The number of hydrogen-bond donors (Lipinski definition) is 0. The average Bonchev–Trinajstić information content (AvgIpc) is 2.58. The Balaban J connectivity index is 3.28. The van der Waals surface area contributed by atoms with E-state index in [0.29, 0.717) is 0 Å². The van der Waals surface area contributed by atoms with E-state index in [9.17, 15) is 0 Å². The van der Waals surface area contributed by atoms with Gasteiger partial charge in [-0.3, -0.25) is 9.48 Å². The van der Waals surface area contributed by atoms with Crippen molar-refractivity contribution < 1.29 is 4.58 Å². The Labute approximate surface area is 163 Å². The molecule has 0 aliphatic heterocycles. The third-order valence-electron chi connectivity index (χ3n) is 4.99. The summed E-state index contributed by atoms with van der Waals surface area (Å²) in [6, 6.07) is 0. The summed E-state index contributed by atoms with van der Waals surface area (Å²) < 4.78 is 2.22. The Kier molecular flexibility index (Phi) is 18.5. The van der Waals surface area contributed by atoms with Gasteiger partial charge in [0, 0.05) is 0 Å². The molecule has 0 fully saturated rings. The number of rotatable bonds is 16. The third kappa shape index (κ3) is 15.8. The van der Waals surface area contributed by atoms with Gasteiger partial charge in [0.05, 0.1) is 27.7 Å². The van der Waals surface area contributed by atoms with E-state index in [1.54, 1.807) is 0 Å². The van der Waals surface area contributed by atoms with Crippen molar-refractivity contribution in [2.24, 2.45) is 0 Å². The predicted octanol–water partition coefficient (Wildman–Crippen LogP) is 6.78. The van der Waals surface area contributed by atoms with Gasteiger partial charge >= 0.3 is 5.17 Å². The van der Waals surface area contributed by atoms with E-state index in [0.717, 1.165) is 0 Å². The van der Waals surface area contributed by atoms with E-state index < -0.39 is 0 Å². The Morgan fingerprint density at radius 2 is 1.04 bits per heavy atom. The average molecular weight is 372 g/mol. The Hall–Kier alpha value is -0.180. The van der Waals surface area contributed by atoms with Crippen LogP contribution in [0.15, 0.2) is 0 Å². The molecule has 0 aromatic carbocycles. The van der Waals surface area contributed by atoms with Crippen LogP contribution < -0.4 is 0 Å². The standard InChI is InChI=1S/C22H47N2S/c1-6-7-8-9-10-11-12-13-14-15-16-17-18-19-20-21-24(4)22(25-5)23(2)3/h6-21H2,1-5H3/q+1. The first-order chi connectivity index (χ1) is 12.1. The van der Waals surface area contributed by atoms with Gasteiger partial charge in [0.15, 0.2) is 0 Å². The van der Waals surface area contributed by atoms with Gasteiger partial charge in [0.2, 0.25) is 0 Å². The summed E-state index contributed by atoms with van der Waals surface area (Å²) in [5.74, 6) is 0. The highest BCUT2D eigenvalue weighted by Crippen LogP contribution is 2.13. The van der Waals surface area contributed by atoms with Gasteiger partial charge in [0.1, 0.15) is 0 Å². The smallest absolute Gasteiger partial charge is 0.262 e. The molecule has 0 heterocycles. The minimum Gasteiger partial charge on any atom is -0.262 e. The van der Waals surface area contributed by atoms with Crippen LogP contribution in [0.2, 0.25) is 0 Å². The number of unbranched alkanes of at least 4 members (excludes halogenated alkanes) is 14. The molecule has 0 atom stereocenters. The summed E-state index contributed by atoms with van der Waals surface area (Å²) in [4.78, 5) is 2.40. The van der Waals surface area contributed by atoms with Crippen LogP contribution in [0.5, 0.6) is 0 Å². The molecule has 2 nitrogen and oxygen atoms in total. The zero-order chi connectivity index (χ0) is 18.8. The lowest BCUT2D eigenvalue weighted by Gasteiger charge is -2.14. The second-order valence-corrected chi connectivity index (χ2v) is 8.53. The van der Waals surface area contributed by atoms with Crippen molar-refractivity contribution in [3.63, 3.8) is 0 Å². The molecule has 0 spiro atoms. The first-order valence-electron chi connectivity index (χ1n) is 10.9. The third-order valence-corrected chi connectivity index (χ3v) is 6.03. The molecular formula is C22H47N2S+. The lowest BCUT2D eigenvalue weighted by atomic mass is 10.0. The maximum absolute atomic E-state index is 2.40. The lowest BCUT2D eigenvalue weighted by molar-refractivity contribution is -0.466. The summed E-state index contributed by atoms with van der Waals surface area (Å²) in [5, 5.41) is 1.37. The quantitative estimate of drug-likeness (QED) is 0.128. The molecule has 0 aliphatic carbocycles. The Bertz CT molecular complexity index is 311. The monoisotopic (exact) mass is 371 g/mol. The van der Waals surface area contributed by atoms with Crippen molar-refractivity contribution in [2.75, 3.05) is 33.9 Å². The van der Waals surface area contributed by atoms with Crippen molar-refractivity contribution in [2.45, 2.75) is 103 Å². The van der Waals surface area contributed by atoms with E-state index >= 15 is 0 Å². The molecule has 0 radical (unpaired) electrons. The van der Waals surface area contributed by atoms with Gasteiger partial charge in [-0.1, -0.05) is 90.4 Å². The maximum Gasteiger partial charge on any atom is 0.307 e. The van der Waals surface area contributed by atoms with E-state index in [-0.39, 0.29) is 0 Å². The van der Waals surface area contributed by atoms with E-state index in [2.05, 4.69) is 43.8 Å². The van der Waals surface area contributed by atoms with E-state index in [1.165, 1.54) is 108 Å². The molecular weight excluding hydrogens is 324 g/mol. The SMILES string of the molecule is CCCCCCCCCCCCCCCCCN(C)C(SC)=[N+](C)C. The van der Waals surface area contributed by atoms with Gasteiger partial charge < -0.3 is 0 Å². The molecule has 0 rings (SSSR count). The van der Waals surface area contributed by atoms with Crippen molar-refractivity contribution in [3.8, 4) is 0 Å². The minimum atomic E-state index is 1.19. The zero-order valence-electron chi connectivity index (χ0n) is 18.1. The van der Waals surface area contributed by atoms with Gasteiger partial charge in [-0.05, 0) is 30.9 Å². The van der Waals surface area contributed by atoms with Crippen LogP contribution in [0.4, 0.5) is 0 Å². The molecule has 0 amide bonds. The maximum atomic E-state index is 2.40. The Morgan fingerprint density at radius 3 is 1.36 bits per heavy atom. The van der Waals surface area contributed by atoms with Gasteiger partial charge in [-0.2, -0.15) is 0 Å². The van der Waals surface area contributed by atoms with Crippen molar-refractivity contribution in [1.82, 2.24) is 4.90 Å². The second kappa shape index (κ2) is 18.6. The molecule has 0 saturated heterocycles. The highest BCUT2D eigenvalue weighted by Gasteiger charge is 2.13. The molecule has 3 heteroatoms. The summed E-state index contributed by atoms with van der Waals surface area (Å²) in [6.45, 7) is 3.48. The number of hydrogen-bond acceptors (Lipinski definition) is 1. The largest absolute Gasteiger partial charge is 0.307 e. The highest BCUT2D eigenvalue weighted by atomic mass is 32.2. The predicted molar refractivity (Wildman–Crippen MR) is 118 cm³/mol. The second-order valence-electron chi connectivity index (χ2n) is 7.75. The summed E-state index contributed by atoms with van der Waals surface area (Å²) in [6.07, 6.45) is 23.7. The van der Waals surface area contributed by atoms with Crippen LogP contribution in [0.3, 0.4) is 0 Å². The van der Waals surface area contributed by atoms with Crippen LogP contribution >= 0.6 is 11.8 Å². The van der Waals surface area contributed by atoms with Crippen LogP contribution in [0.1, 0.15) is 103 Å². The van der Waals surface area contributed by atoms with Gasteiger partial charge in [-0.25, -0.2) is 0 Å². The van der Waals surface area contributed by atoms with Crippen LogP contribution in [-0.2, 0) is 0 Å². The fraction of sp³-hybridized carbons (Fsp3) is 0.955. The van der Waals surface area contributed by atoms with Crippen LogP contribution in [0, 0.1) is 0 Å². The van der Waals surface area contributed by atoms with Gasteiger partial charge in [0.25, 0.3) is 0 Å². The normalized spacial score (nSPS) is 10.9. The fourth-order valence-corrected chi connectivity index (χ4v) is 4.26. The number of thioether (sulfide) groups is 1. The van der Waals surface area contributed by atoms with Crippen molar-refractivity contribution >= 4 is 16.9 Å². The number of amidine groups is 1. The molecule has 0 aromatic rings. The van der Waals surface area contributed by atoms with Crippen molar-refractivity contribution in [3.05, 3.63) is 0 Å². The Morgan fingerprint density at radius 1 is 0.680 bits per heavy atom. The first-order valence-corrected chi connectivity index (χ1v) is 12.1. The topological polar surface area (TPSA) is 6.25 Å². The first kappa shape index (κ1) is 24.8. The van der Waals surface area contributed by atoms with E-state index in [1.807, 2.05) is 11.8 Å². The molecule has 0 aromatic heterocycles. The van der Waals surface area contributed by atoms with Gasteiger partial charge in [-0.15, -0.1) is 0 Å². The molecule has 150 valence electrons. The van der Waals surface area contributed by atoms with Crippen molar-refractivity contribution in [1.29, 1.82) is 0 Å². The van der Waals surface area contributed by atoms with Crippen LogP contribution in [-0.4, -0.2) is 48.6 Å². The molecule has 0 N–H and O–H groups in total. The van der Waals surface area contributed by atoms with E-state index in [4.69, 9.17) is 0 Å². The zero-order valence-corrected chi connectivity index (χ0v) is 18.9. The fourth-order valence-electron chi connectivity index (χ4n) is 3.50. The number of nitrogens with zero attached hydrogens (tertiary/aromatic N) is 2. The lowest BCUT2D eigenvalue weighted by Crippen LogP contribution is -2.31. The summed E-state index contributed by atoms with van der Waals surface area (Å²) in [5.41, 5.74) is 0. The minimum absolute atomic E-state index is 1.19. The molecule has 0 saturated carbocycles. The summed E-state index contributed by atoms with van der Waals surface area (Å²) in [7, 11) is 6.49. The van der Waals surface area contributed by atoms with Crippen LogP contribution in [0.25, 0.3) is 0 Å². The summed E-state index contributed by atoms with van der Waals surface area (Å²) >= 11 is 1.84. The molecule has 0 unspecified atom stereocenters. The molecule has 0 bridgehead atoms. The highest BCUT2D eigenvalue weighted by molar-refractivity contribution is 8.12.